The number of hydrogen-bond acceptors (Lipinski definition) is 4. The molecule has 0 aromatic heterocycles. The van der Waals surface area contributed by atoms with Crippen molar-refractivity contribution in [2.24, 2.45) is 5.10 Å². The number of urea groups is 1. The molecule has 1 fully saturated rings. The molecule has 20 heavy (non-hydrogen) atoms. The Hall–Kier alpha value is -2.37. The van der Waals surface area contributed by atoms with Crippen LogP contribution in [0.2, 0.25) is 0 Å². The highest BCUT2D eigenvalue weighted by Gasteiger charge is 2.11. The van der Waals surface area contributed by atoms with Crippen molar-refractivity contribution < 1.29 is 9.59 Å². The first-order valence-corrected chi connectivity index (χ1v) is 6.33. The Bertz CT molecular complexity index is 466. The lowest BCUT2D eigenvalue weighted by Gasteiger charge is -2.10. The third-order valence-corrected chi connectivity index (χ3v) is 2.41. The van der Waals surface area contributed by atoms with Crippen molar-refractivity contribution in [1.29, 1.82) is 0 Å². The Morgan fingerprint density at radius 3 is 2.30 bits per heavy atom. The number of hydrazone groups is 1. The summed E-state index contributed by atoms with van der Waals surface area (Å²) in [5.74, 6) is -0.200. The van der Waals surface area contributed by atoms with Gasteiger partial charge in [-0.1, -0.05) is 29.8 Å². The van der Waals surface area contributed by atoms with E-state index >= 15 is 0 Å². The van der Waals surface area contributed by atoms with Gasteiger partial charge in [0.1, 0.15) is 0 Å². The first kappa shape index (κ1) is 15.7. The lowest BCUT2D eigenvalue weighted by Crippen LogP contribution is -2.46. The van der Waals surface area contributed by atoms with Crippen molar-refractivity contribution in [2.45, 2.75) is 13.3 Å². The van der Waals surface area contributed by atoms with Gasteiger partial charge in [0.15, 0.2) is 0 Å². The molecule has 3 amide bonds. The topological polar surface area (TPSA) is 73.8 Å². The number of benzene rings is 1. The number of carbonyl (C=O) groups is 2. The van der Waals surface area contributed by atoms with Crippen molar-refractivity contribution in [2.75, 3.05) is 20.6 Å². The van der Waals surface area contributed by atoms with E-state index in [-0.39, 0.29) is 11.9 Å². The molecule has 0 unspecified atom stereocenters. The monoisotopic (exact) mass is 276 g/mol. The summed E-state index contributed by atoms with van der Waals surface area (Å²) in [4.78, 5) is 20.5. The summed E-state index contributed by atoms with van der Waals surface area (Å²) in [7, 11) is 3.81. The van der Waals surface area contributed by atoms with E-state index in [1.165, 1.54) is 5.56 Å². The Kier molecular flexibility index (Phi) is 6.22. The van der Waals surface area contributed by atoms with Gasteiger partial charge in [-0.05, 0) is 12.5 Å². The van der Waals surface area contributed by atoms with E-state index in [9.17, 15) is 9.59 Å². The van der Waals surface area contributed by atoms with Crippen LogP contribution in [0.4, 0.5) is 4.79 Å². The summed E-state index contributed by atoms with van der Waals surface area (Å²) in [6.07, 6.45) is 2.24. The third kappa shape index (κ3) is 6.53. The second kappa shape index (κ2) is 7.93. The minimum absolute atomic E-state index is 0.200. The molecule has 0 atom stereocenters. The highest BCUT2D eigenvalue weighted by atomic mass is 16.2. The van der Waals surface area contributed by atoms with Gasteiger partial charge in [0.2, 0.25) is 5.91 Å². The molecule has 0 spiro atoms. The van der Waals surface area contributed by atoms with Crippen LogP contribution in [0.25, 0.3) is 0 Å². The van der Waals surface area contributed by atoms with Crippen molar-refractivity contribution in [3.63, 3.8) is 0 Å². The van der Waals surface area contributed by atoms with Crippen LogP contribution in [-0.4, -0.2) is 43.8 Å². The fraction of sp³-hybridized carbons (Fsp3) is 0.357. The predicted molar refractivity (Wildman–Crippen MR) is 78.6 cm³/mol. The Morgan fingerprint density at radius 2 is 1.85 bits per heavy atom. The van der Waals surface area contributed by atoms with Crippen LogP contribution in [0.1, 0.15) is 17.5 Å². The van der Waals surface area contributed by atoms with Gasteiger partial charge in [-0.3, -0.25) is 10.1 Å². The van der Waals surface area contributed by atoms with Gasteiger partial charge in [-0.25, -0.2) is 4.79 Å². The minimum Gasteiger partial charge on any atom is -0.337 e. The van der Waals surface area contributed by atoms with Crippen LogP contribution in [0.5, 0.6) is 0 Å². The summed E-state index contributed by atoms with van der Waals surface area (Å²) < 4.78 is 0. The Balaban J connectivity index is 0.000000217. The van der Waals surface area contributed by atoms with Crippen LogP contribution in [0.3, 0.4) is 0 Å². The number of carbonyl (C=O) groups excluding carboxylic acids is 2. The van der Waals surface area contributed by atoms with Crippen LogP contribution < -0.4 is 10.6 Å². The zero-order valence-corrected chi connectivity index (χ0v) is 12.0. The maximum absolute atomic E-state index is 10.3. The average molecular weight is 276 g/mol. The van der Waals surface area contributed by atoms with Gasteiger partial charge < -0.3 is 10.3 Å². The maximum atomic E-state index is 10.3. The number of amides is 3. The van der Waals surface area contributed by atoms with Gasteiger partial charge >= 0.3 is 6.03 Å². The van der Waals surface area contributed by atoms with Gasteiger partial charge in [-0.15, -0.1) is 0 Å². The van der Waals surface area contributed by atoms with E-state index in [0.29, 0.717) is 13.0 Å². The molecule has 0 aliphatic carbocycles. The van der Waals surface area contributed by atoms with E-state index in [1.54, 1.807) is 5.01 Å². The smallest absolute Gasteiger partial charge is 0.321 e. The second-order valence-electron chi connectivity index (χ2n) is 4.56. The molecule has 1 aliphatic heterocycles. The molecule has 1 saturated heterocycles. The van der Waals surface area contributed by atoms with Crippen molar-refractivity contribution in [3.8, 4) is 0 Å². The lowest BCUT2D eigenvalue weighted by molar-refractivity contribution is -0.120. The third-order valence-electron chi connectivity index (χ3n) is 2.41. The summed E-state index contributed by atoms with van der Waals surface area (Å²) in [6.45, 7) is 2.54. The summed E-state index contributed by atoms with van der Waals surface area (Å²) in [5.41, 5.74) is 2.41. The lowest BCUT2D eigenvalue weighted by atomic mass is 10.2. The minimum atomic E-state index is -0.388. The van der Waals surface area contributed by atoms with Crippen LogP contribution in [0, 0.1) is 6.92 Å². The molecule has 6 heteroatoms. The zero-order valence-electron chi connectivity index (χ0n) is 12.0. The molecular weight excluding hydrogens is 256 g/mol. The van der Waals surface area contributed by atoms with Crippen LogP contribution in [-0.2, 0) is 4.79 Å². The molecule has 0 bridgehead atoms. The number of nitrogens with zero attached hydrogens (tertiary/aromatic N) is 2. The van der Waals surface area contributed by atoms with E-state index in [2.05, 4.69) is 46.9 Å². The fourth-order valence-electron chi connectivity index (χ4n) is 1.36. The van der Waals surface area contributed by atoms with Crippen molar-refractivity contribution in [1.82, 2.24) is 15.6 Å². The Morgan fingerprint density at radius 1 is 1.20 bits per heavy atom. The van der Waals surface area contributed by atoms with E-state index in [0.717, 1.165) is 5.56 Å². The summed E-state index contributed by atoms with van der Waals surface area (Å²) in [5, 5.41) is 10.4. The summed E-state index contributed by atoms with van der Waals surface area (Å²) >= 11 is 0. The molecule has 0 saturated carbocycles. The second-order valence-corrected chi connectivity index (χ2v) is 4.56. The first-order valence-electron chi connectivity index (χ1n) is 6.33. The van der Waals surface area contributed by atoms with E-state index in [4.69, 9.17) is 0 Å². The maximum Gasteiger partial charge on any atom is 0.321 e. The molecule has 2 N–H and O–H groups in total. The van der Waals surface area contributed by atoms with Gasteiger partial charge in [-0.2, -0.15) is 5.10 Å². The highest BCUT2D eigenvalue weighted by molar-refractivity contribution is 5.96. The largest absolute Gasteiger partial charge is 0.337 e. The molecule has 2 rings (SSSR count). The SMILES string of the molecule is Cc1ccc(/C=N\N(C)C)cc1.O=C1CCNC(=O)N1. The standard InChI is InChI=1S/C10H14N2.C4H6N2O2/c1-9-4-6-10(7-5-9)8-11-12(2)3;7-3-1-2-5-4(8)6-3/h4-8H,1-3H3;1-2H2,(H2,5,6,7,8)/b11-8-;. The number of aryl methyl sites for hydroxylation is 1. The molecule has 1 aromatic rings. The number of hydrogen-bond donors (Lipinski definition) is 2. The number of rotatable bonds is 2. The van der Waals surface area contributed by atoms with Crippen LogP contribution >= 0.6 is 0 Å². The Labute approximate surface area is 118 Å². The molecule has 1 heterocycles. The normalized spacial score (nSPS) is 14.2. The number of nitrogens with one attached hydrogen (secondary N) is 2. The molecule has 1 aliphatic rings. The fourth-order valence-corrected chi connectivity index (χ4v) is 1.36. The quantitative estimate of drug-likeness (QED) is 0.627. The van der Waals surface area contributed by atoms with Gasteiger partial charge in [0.25, 0.3) is 0 Å². The highest BCUT2D eigenvalue weighted by Crippen LogP contribution is 2.00. The molecule has 1 aromatic carbocycles. The van der Waals surface area contributed by atoms with E-state index < -0.39 is 0 Å². The van der Waals surface area contributed by atoms with Gasteiger partial charge in [0, 0.05) is 27.1 Å². The van der Waals surface area contributed by atoms with E-state index in [1.807, 2.05) is 20.3 Å². The predicted octanol–water partition coefficient (Wildman–Crippen LogP) is 1.11. The van der Waals surface area contributed by atoms with Gasteiger partial charge in [0.05, 0.1) is 6.21 Å². The van der Waals surface area contributed by atoms with Crippen LogP contribution in [0.15, 0.2) is 29.4 Å². The first-order chi connectivity index (χ1) is 9.47. The summed E-state index contributed by atoms with van der Waals surface area (Å²) in [6, 6.07) is 7.89. The number of imide groups is 1. The molecule has 0 radical (unpaired) electrons. The molecule has 6 nitrogen and oxygen atoms in total. The van der Waals surface area contributed by atoms with Crippen molar-refractivity contribution >= 4 is 18.2 Å². The average Bonchev–Trinajstić information content (AvgIpc) is 2.38. The van der Waals surface area contributed by atoms with Crippen molar-refractivity contribution in [3.05, 3.63) is 35.4 Å². The molecule has 108 valence electrons. The molecular formula is C14H20N4O2. The zero-order chi connectivity index (χ0) is 15.0.